The van der Waals surface area contributed by atoms with Gasteiger partial charge < -0.3 is 20.9 Å². The summed E-state index contributed by atoms with van der Waals surface area (Å²) < 4.78 is 5.36. The molecule has 0 aliphatic carbocycles. The lowest BCUT2D eigenvalue weighted by molar-refractivity contribution is 0.0918. The van der Waals surface area contributed by atoms with Gasteiger partial charge in [-0.25, -0.2) is 0 Å². The van der Waals surface area contributed by atoms with Crippen LogP contribution in [0.2, 0.25) is 0 Å². The number of para-hydroxylation sites is 1. The number of nitrogens with two attached hydrogens (primary N) is 1. The summed E-state index contributed by atoms with van der Waals surface area (Å²) in [7, 11) is 0. The van der Waals surface area contributed by atoms with Gasteiger partial charge >= 0.3 is 0 Å². The van der Waals surface area contributed by atoms with E-state index in [-0.39, 0.29) is 18.6 Å². The minimum Gasteiger partial charge on any atom is -0.491 e. The topological polar surface area (TPSA) is 84.6 Å². The third kappa shape index (κ3) is 3.35. The van der Waals surface area contributed by atoms with Gasteiger partial charge in [-0.3, -0.25) is 4.79 Å². The summed E-state index contributed by atoms with van der Waals surface area (Å²) in [6.45, 7) is 3.86. The van der Waals surface area contributed by atoms with Gasteiger partial charge in [0.25, 0.3) is 5.91 Å². The number of anilines is 1. The molecule has 0 radical (unpaired) electrons. The summed E-state index contributed by atoms with van der Waals surface area (Å²) in [5, 5.41) is 11.5. The number of hydrogen-bond acceptors (Lipinski definition) is 4. The second-order valence-corrected chi connectivity index (χ2v) is 3.71. The fraction of sp³-hybridized carbons (Fsp3) is 0.417. The van der Waals surface area contributed by atoms with Crippen LogP contribution in [0.1, 0.15) is 24.2 Å². The fourth-order valence-electron chi connectivity index (χ4n) is 1.39. The molecule has 4 N–H and O–H groups in total. The third-order valence-electron chi connectivity index (χ3n) is 2.23. The molecule has 17 heavy (non-hydrogen) atoms. The first-order chi connectivity index (χ1) is 8.10. The Morgan fingerprint density at radius 2 is 2.29 bits per heavy atom. The molecular formula is C12H18N2O3. The van der Waals surface area contributed by atoms with Crippen LogP contribution in [0.3, 0.4) is 0 Å². The Bertz CT molecular complexity index is 393. The van der Waals surface area contributed by atoms with Crippen molar-refractivity contribution >= 4 is 11.6 Å². The Balaban J connectivity index is 2.96. The molecule has 0 aromatic heterocycles. The minimum absolute atomic E-state index is 0.113. The maximum atomic E-state index is 11.9. The van der Waals surface area contributed by atoms with Crippen molar-refractivity contribution in [2.45, 2.75) is 19.9 Å². The number of aliphatic hydroxyl groups excluding tert-OH is 1. The van der Waals surface area contributed by atoms with Crippen molar-refractivity contribution in [2.24, 2.45) is 0 Å². The van der Waals surface area contributed by atoms with Crippen LogP contribution >= 0.6 is 0 Å². The van der Waals surface area contributed by atoms with Crippen molar-refractivity contribution < 1.29 is 14.6 Å². The number of nitrogens with one attached hydrogen (secondary N) is 1. The predicted molar refractivity (Wildman–Crippen MR) is 66.0 cm³/mol. The maximum Gasteiger partial charge on any atom is 0.255 e. The Morgan fingerprint density at radius 3 is 2.88 bits per heavy atom. The lowest BCUT2D eigenvalue weighted by Gasteiger charge is -2.15. The molecule has 5 heteroatoms. The Labute approximate surface area is 101 Å². The monoisotopic (exact) mass is 238 g/mol. The third-order valence-corrected chi connectivity index (χ3v) is 2.23. The fourth-order valence-corrected chi connectivity index (χ4v) is 1.39. The number of benzene rings is 1. The van der Waals surface area contributed by atoms with Crippen LogP contribution in [0.25, 0.3) is 0 Å². The van der Waals surface area contributed by atoms with E-state index in [0.717, 1.165) is 0 Å². The van der Waals surface area contributed by atoms with Gasteiger partial charge in [-0.2, -0.15) is 0 Å². The van der Waals surface area contributed by atoms with Crippen LogP contribution in [0.15, 0.2) is 18.2 Å². The molecular weight excluding hydrogens is 220 g/mol. The molecule has 0 heterocycles. The van der Waals surface area contributed by atoms with Gasteiger partial charge in [0.1, 0.15) is 0 Å². The average molecular weight is 238 g/mol. The van der Waals surface area contributed by atoms with E-state index in [2.05, 4.69) is 5.32 Å². The van der Waals surface area contributed by atoms with E-state index >= 15 is 0 Å². The molecule has 0 saturated carbocycles. The first kappa shape index (κ1) is 13.3. The largest absolute Gasteiger partial charge is 0.491 e. The molecule has 1 aromatic rings. The summed E-state index contributed by atoms with van der Waals surface area (Å²) in [5.41, 5.74) is 6.56. The van der Waals surface area contributed by atoms with Crippen LogP contribution < -0.4 is 15.8 Å². The van der Waals surface area contributed by atoms with Crippen molar-refractivity contribution in [1.29, 1.82) is 0 Å². The molecule has 0 aliphatic rings. The number of nitrogen functional groups attached to an aromatic ring is 1. The number of ether oxygens (including phenoxy) is 1. The second-order valence-electron chi connectivity index (χ2n) is 3.71. The van der Waals surface area contributed by atoms with E-state index in [1.165, 1.54) is 0 Å². The zero-order chi connectivity index (χ0) is 12.8. The molecule has 0 bridgehead atoms. The Morgan fingerprint density at radius 1 is 1.59 bits per heavy atom. The van der Waals surface area contributed by atoms with Crippen molar-refractivity contribution in [2.75, 3.05) is 18.9 Å². The number of carbonyl (C=O) groups is 1. The van der Waals surface area contributed by atoms with Crippen LogP contribution in [0, 0.1) is 0 Å². The normalized spacial score (nSPS) is 11.9. The van der Waals surface area contributed by atoms with Gasteiger partial charge in [0.15, 0.2) is 5.75 Å². The quantitative estimate of drug-likeness (QED) is 0.662. The molecule has 1 atom stereocenters. The standard InChI is InChI=1S/C12H18N2O3/c1-3-17-11-9(5-4-6-10(11)13)12(16)14-8(2)7-15/h4-6,8,15H,3,7,13H2,1-2H3,(H,14,16)/t8-/m0/s1. The van der Waals surface area contributed by atoms with E-state index in [9.17, 15) is 4.79 Å². The highest BCUT2D eigenvalue weighted by Crippen LogP contribution is 2.26. The van der Waals surface area contributed by atoms with Crippen LogP contribution in [0.5, 0.6) is 5.75 Å². The molecule has 0 spiro atoms. The van der Waals surface area contributed by atoms with Gasteiger partial charge in [0, 0.05) is 6.04 Å². The van der Waals surface area contributed by atoms with Gasteiger partial charge in [-0.15, -0.1) is 0 Å². The number of carbonyl (C=O) groups excluding carboxylic acids is 1. The average Bonchev–Trinajstić information content (AvgIpc) is 2.31. The van der Waals surface area contributed by atoms with Crippen LogP contribution in [-0.4, -0.2) is 30.3 Å². The first-order valence-electron chi connectivity index (χ1n) is 5.53. The van der Waals surface area contributed by atoms with Crippen LogP contribution in [0.4, 0.5) is 5.69 Å². The molecule has 0 fully saturated rings. The van der Waals surface area contributed by atoms with Gasteiger partial charge in [0.2, 0.25) is 0 Å². The van der Waals surface area contributed by atoms with Crippen molar-refractivity contribution in [3.05, 3.63) is 23.8 Å². The van der Waals surface area contributed by atoms with Crippen molar-refractivity contribution in [3.8, 4) is 5.75 Å². The maximum absolute atomic E-state index is 11.9. The van der Waals surface area contributed by atoms with E-state index < -0.39 is 0 Å². The van der Waals surface area contributed by atoms with E-state index in [4.69, 9.17) is 15.6 Å². The zero-order valence-corrected chi connectivity index (χ0v) is 10.1. The van der Waals surface area contributed by atoms with E-state index in [1.54, 1.807) is 25.1 Å². The van der Waals surface area contributed by atoms with Gasteiger partial charge in [-0.1, -0.05) is 6.07 Å². The number of amides is 1. The highest BCUT2D eigenvalue weighted by molar-refractivity contribution is 5.98. The summed E-state index contributed by atoms with van der Waals surface area (Å²) in [6.07, 6.45) is 0. The molecule has 94 valence electrons. The molecule has 1 amide bonds. The van der Waals surface area contributed by atoms with Gasteiger partial charge in [-0.05, 0) is 26.0 Å². The number of hydrogen-bond donors (Lipinski definition) is 3. The SMILES string of the molecule is CCOc1c(N)cccc1C(=O)N[C@@H](C)CO. The Kier molecular flexibility index (Phi) is 4.78. The molecule has 1 aromatic carbocycles. The number of rotatable bonds is 5. The molecule has 0 aliphatic heterocycles. The Hall–Kier alpha value is -1.75. The molecule has 0 unspecified atom stereocenters. The molecule has 1 rings (SSSR count). The first-order valence-corrected chi connectivity index (χ1v) is 5.53. The molecule has 0 saturated heterocycles. The highest BCUT2D eigenvalue weighted by atomic mass is 16.5. The lowest BCUT2D eigenvalue weighted by atomic mass is 10.1. The lowest BCUT2D eigenvalue weighted by Crippen LogP contribution is -2.35. The predicted octanol–water partition coefficient (Wildman–Crippen LogP) is 0.778. The second kappa shape index (κ2) is 6.10. The van der Waals surface area contributed by atoms with E-state index in [0.29, 0.717) is 23.6 Å². The number of aliphatic hydroxyl groups is 1. The zero-order valence-electron chi connectivity index (χ0n) is 10.1. The minimum atomic E-state index is -0.307. The van der Waals surface area contributed by atoms with Gasteiger partial charge in [0.05, 0.1) is 24.5 Å². The highest BCUT2D eigenvalue weighted by Gasteiger charge is 2.16. The summed E-state index contributed by atoms with van der Waals surface area (Å²) in [6, 6.07) is 4.70. The van der Waals surface area contributed by atoms with Crippen molar-refractivity contribution in [1.82, 2.24) is 5.32 Å². The van der Waals surface area contributed by atoms with E-state index in [1.807, 2.05) is 6.92 Å². The summed E-state index contributed by atoms with van der Waals surface area (Å²) >= 11 is 0. The van der Waals surface area contributed by atoms with Crippen molar-refractivity contribution in [3.63, 3.8) is 0 Å². The van der Waals surface area contributed by atoms with Crippen LogP contribution in [-0.2, 0) is 0 Å². The summed E-state index contributed by atoms with van der Waals surface area (Å²) in [5.74, 6) is 0.0833. The smallest absolute Gasteiger partial charge is 0.255 e. The molecule has 5 nitrogen and oxygen atoms in total. The summed E-state index contributed by atoms with van der Waals surface area (Å²) in [4.78, 5) is 11.9.